The smallest absolute Gasteiger partial charge is 0.328 e. The summed E-state index contributed by atoms with van der Waals surface area (Å²) in [6.45, 7) is 1.65. The SMILES string of the molecule is COC(=O)C1CCCN1C(=O)c1cn(CCN)cn1. The molecule has 2 N–H and O–H groups in total. The van der Waals surface area contributed by atoms with Gasteiger partial charge in [0.2, 0.25) is 0 Å². The van der Waals surface area contributed by atoms with Gasteiger partial charge < -0.3 is 19.9 Å². The van der Waals surface area contributed by atoms with Crippen LogP contribution >= 0.6 is 0 Å². The largest absolute Gasteiger partial charge is 0.467 e. The molecule has 1 aromatic rings. The average Bonchev–Trinajstić information content (AvgIpc) is 3.06. The summed E-state index contributed by atoms with van der Waals surface area (Å²) in [6.07, 6.45) is 4.67. The summed E-state index contributed by atoms with van der Waals surface area (Å²) in [4.78, 5) is 29.5. The summed E-state index contributed by atoms with van der Waals surface area (Å²) in [5.41, 5.74) is 5.78. The maximum absolute atomic E-state index is 12.3. The van der Waals surface area contributed by atoms with Crippen molar-refractivity contribution in [1.82, 2.24) is 14.5 Å². The number of hydrogen-bond donors (Lipinski definition) is 1. The van der Waals surface area contributed by atoms with Crippen LogP contribution in [0.2, 0.25) is 0 Å². The number of amides is 1. The van der Waals surface area contributed by atoms with Crippen LogP contribution in [-0.4, -0.2) is 52.6 Å². The molecule has 0 spiro atoms. The normalized spacial score (nSPS) is 18.6. The molecule has 1 unspecified atom stereocenters. The van der Waals surface area contributed by atoms with E-state index in [-0.39, 0.29) is 11.9 Å². The van der Waals surface area contributed by atoms with Gasteiger partial charge in [-0.2, -0.15) is 0 Å². The van der Waals surface area contributed by atoms with Gasteiger partial charge in [-0.15, -0.1) is 0 Å². The van der Waals surface area contributed by atoms with E-state index in [1.165, 1.54) is 12.0 Å². The number of carbonyl (C=O) groups is 2. The zero-order valence-electron chi connectivity index (χ0n) is 10.9. The fraction of sp³-hybridized carbons (Fsp3) is 0.583. The number of rotatable bonds is 4. The fourth-order valence-electron chi connectivity index (χ4n) is 2.28. The molecule has 0 aromatic carbocycles. The molecule has 19 heavy (non-hydrogen) atoms. The van der Waals surface area contributed by atoms with Crippen LogP contribution in [0, 0.1) is 0 Å². The molecular formula is C12H18N4O3. The van der Waals surface area contributed by atoms with E-state index in [1.54, 1.807) is 17.1 Å². The summed E-state index contributed by atoms with van der Waals surface area (Å²) in [5, 5.41) is 0. The quantitative estimate of drug-likeness (QED) is 0.750. The molecule has 104 valence electrons. The second-order valence-corrected chi connectivity index (χ2v) is 4.47. The highest BCUT2D eigenvalue weighted by Crippen LogP contribution is 2.20. The second kappa shape index (κ2) is 5.83. The fourth-order valence-corrected chi connectivity index (χ4v) is 2.28. The number of imidazole rings is 1. The first-order valence-corrected chi connectivity index (χ1v) is 6.28. The first-order valence-electron chi connectivity index (χ1n) is 6.28. The minimum absolute atomic E-state index is 0.233. The summed E-state index contributed by atoms with van der Waals surface area (Å²) in [6, 6.07) is -0.489. The third kappa shape index (κ3) is 2.76. The van der Waals surface area contributed by atoms with Crippen LogP contribution in [0.5, 0.6) is 0 Å². The monoisotopic (exact) mass is 266 g/mol. The Morgan fingerprint density at radius 2 is 2.37 bits per heavy atom. The molecule has 2 rings (SSSR count). The van der Waals surface area contributed by atoms with Crippen molar-refractivity contribution in [3.8, 4) is 0 Å². The Labute approximate surface area is 111 Å². The van der Waals surface area contributed by atoms with Crippen molar-refractivity contribution in [3.63, 3.8) is 0 Å². The van der Waals surface area contributed by atoms with Crippen molar-refractivity contribution in [1.29, 1.82) is 0 Å². The molecular weight excluding hydrogens is 248 g/mol. The first kappa shape index (κ1) is 13.5. The molecule has 1 fully saturated rings. The molecule has 7 nitrogen and oxygen atoms in total. The highest BCUT2D eigenvalue weighted by atomic mass is 16.5. The molecule has 0 aliphatic carbocycles. The minimum atomic E-state index is -0.489. The molecule has 0 bridgehead atoms. The van der Waals surface area contributed by atoms with Gasteiger partial charge in [0.25, 0.3) is 5.91 Å². The zero-order valence-corrected chi connectivity index (χ0v) is 10.9. The topological polar surface area (TPSA) is 90.5 Å². The Morgan fingerprint density at radius 3 is 3.05 bits per heavy atom. The van der Waals surface area contributed by atoms with Gasteiger partial charge in [-0.05, 0) is 12.8 Å². The van der Waals surface area contributed by atoms with E-state index >= 15 is 0 Å². The van der Waals surface area contributed by atoms with E-state index in [2.05, 4.69) is 4.98 Å². The van der Waals surface area contributed by atoms with Crippen molar-refractivity contribution in [2.45, 2.75) is 25.4 Å². The third-order valence-corrected chi connectivity index (χ3v) is 3.23. The van der Waals surface area contributed by atoms with E-state index in [0.717, 1.165) is 6.42 Å². The van der Waals surface area contributed by atoms with Crippen LogP contribution in [0.25, 0.3) is 0 Å². The van der Waals surface area contributed by atoms with Crippen LogP contribution < -0.4 is 5.73 Å². The molecule has 7 heteroatoms. The number of methoxy groups -OCH3 is 1. The van der Waals surface area contributed by atoms with Gasteiger partial charge in [0, 0.05) is 25.8 Å². The lowest BCUT2D eigenvalue weighted by atomic mass is 10.2. The Bertz CT molecular complexity index is 471. The van der Waals surface area contributed by atoms with E-state index in [0.29, 0.717) is 31.7 Å². The lowest BCUT2D eigenvalue weighted by Gasteiger charge is -2.21. The molecule has 1 atom stereocenters. The molecule has 1 aliphatic heterocycles. The maximum atomic E-state index is 12.3. The summed E-state index contributed by atoms with van der Waals surface area (Å²) < 4.78 is 6.48. The van der Waals surface area contributed by atoms with Gasteiger partial charge in [0.1, 0.15) is 11.7 Å². The maximum Gasteiger partial charge on any atom is 0.328 e. The van der Waals surface area contributed by atoms with E-state index in [1.807, 2.05) is 0 Å². The predicted octanol–water partition coefficient (Wildman–Crippen LogP) is -0.381. The van der Waals surface area contributed by atoms with Crippen LogP contribution in [0.15, 0.2) is 12.5 Å². The Kier molecular flexibility index (Phi) is 4.16. The molecule has 1 aromatic heterocycles. The molecule has 1 amide bonds. The lowest BCUT2D eigenvalue weighted by molar-refractivity contribution is -0.145. The van der Waals surface area contributed by atoms with E-state index in [9.17, 15) is 9.59 Å². The van der Waals surface area contributed by atoms with Crippen molar-refractivity contribution in [3.05, 3.63) is 18.2 Å². The van der Waals surface area contributed by atoms with Gasteiger partial charge in [0.05, 0.1) is 13.4 Å². The van der Waals surface area contributed by atoms with Crippen molar-refractivity contribution in [2.24, 2.45) is 5.73 Å². The first-order chi connectivity index (χ1) is 9.17. The molecule has 0 radical (unpaired) electrons. The van der Waals surface area contributed by atoms with Crippen LogP contribution in [-0.2, 0) is 16.1 Å². The highest BCUT2D eigenvalue weighted by Gasteiger charge is 2.35. The number of nitrogens with zero attached hydrogens (tertiary/aromatic N) is 3. The second-order valence-electron chi connectivity index (χ2n) is 4.47. The molecule has 1 saturated heterocycles. The number of hydrogen-bond acceptors (Lipinski definition) is 5. The Hall–Kier alpha value is -1.89. The number of aromatic nitrogens is 2. The Morgan fingerprint density at radius 1 is 1.58 bits per heavy atom. The van der Waals surface area contributed by atoms with Crippen LogP contribution in [0.3, 0.4) is 0 Å². The van der Waals surface area contributed by atoms with Crippen LogP contribution in [0.4, 0.5) is 0 Å². The molecule has 1 aliphatic rings. The van der Waals surface area contributed by atoms with Gasteiger partial charge in [-0.1, -0.05) is 0 Å². The number of carbonyl (C=O) groups excluding carboxylic acids is 2. The van der Waals surface area contributed by atoms with Gasteiger partial charge in [0.15, 0.2) is 0 Å². The molecule has 0 saturated carbocycles. The third-order valence-electron chi connectivity index (χ3n) is 3.23. The number of esters is 1. The number of ether oxygens (including phenoxy) is 1. The van der Waals surface area contributed by atoms with Crippen molar-refractivity contribution >= 4 is 11.9 Å². The van der Waals surface area contributed by atoms with Crippen LogP contribution in [0.1, 0.15) is 23.3 Å². The summed E-state index contributed by atoms with van der Waals surface area (Å²) in [7, 11) is 1.33. The summed E-state index contributed by atoms with van der Waals surface area (Å²) >= 11 is 0. The van der Waals surface area contributed by atoms with E-state index < -0.39 is 6.04 Å². The zero-order chi connectivity index (χ0) is 13.8. The van der Waals surface area contributed by atoms with E-state index in [4.69, 9.17) is 10.5 Å². The standard InChI is InChI=1S/C12H18N4O3/c1-19-12(18)10-3-2-5-16(10)11(17)9-7-15(6-4-13)8-14-9/h7-8,10H,2-6,13H2,1H3. The highest BCUT2D eigenvalue weighted by molar-refractivity contribution is 5.95. The lowest BCUT2D eigenvalue weighted by Crippen LogP contribution is -2.41. The van der Waals surface area contributed by atoms with Gasteiger partial charge in [-0.3, -0.25) is 4.79 Å². The predicted molar refractivity (Wildman–Crippen MR) is 67.4 cm³/mol. The molecule has 2 heterocycles. The number of likely N-dealkylation sites (tertiary alicyclic amines) is 1. The van der Waals surface area contributed by atoms with Gasteiger partial charge >= 0.3 is 5.97 Å². The van der Waals surface area contributed by atoms with Crippen molar-refractivity contribution in [2.75, 3.05) is 20.2 Å². The van der Waals surface area contributed by atoms with Crippen molar-refractivity contribution < 1.29 is 14.3 Å². The minimum Gasteiger partial charge on any atom is -0.467 e. The summed E-state index contributed by atoms with van der Waals surface area (Å²) in [5.74, 6) is -0.601. The van der Waals surface area contributed by atoms with Gasteiger partial charge in [-0.25, -0.2) is 9.78 Å². The Balaban J connectivity index is 2.11. The average molecular weight is 266 g/mol. The number of nitrogens with two attached hydrogens (primary N) is 1.